The highest BCUT2D eigenvalue weighted by atomic mass is 16.2. The third-order valence-electron chi connectivity index (χ3n) is 5.59. The number of amides is 1. The quantitative estimate of drug-likeness (QED) is 0.860. The lowest BCUT2D eigenvalue weighted by Gasteiger charge is -2.32. The second-order valence-electron chi connectivity index (χ2n) is 7.23. The fraction of sp³-hybridized carbons (Fsp3) is 0.500. The molecule has 2 aromatic heterocycles. The molecule has 0 bridgehead atoms. The van der Waals surface area contributed by atoms with Crippen molar-refractivity contribution in [2.45, 2.75) is 51.5 Å². The average molecular weight is 323 g/mol. The van der Waals surface area contributed by atoms with Crippen molar-refractivity contribution in [3.8, 4) is 0 Å². The Bertz CT molecular complexity index is 738. The number of piperidine rings is 1. The van der Waals surface area contributed by atoms with E-state index in [1.807, 2.05) is 17.3 Å². The van der Waals surface area contributed by atoms with E-state index in [1.54, 1.807) is 0 Å². The molecule has 1 aliphatic carbocycles. The van der Waals surface area contributed by atoms with E-state index in [0.717, 1.165) is 37.2 Å². The Hall–Kier alpha value is -2.10. The van der Waals surface area contributed by atoms with Crippen molar-refractivity contribution in [2.24, 2.45) is 0 Å². The Kier molecular flexibility index (Phi) is 3.91. The highest BCUT2D eigenvalue weighted by molar-refractivity contribution is 5.95. The van der Waals surface area contributed by atoms with E-state index in [9.17, 15) is 4.79 Å². The van der Waals surface area contributed by atoms with Crippen LogP contribution in [0.2, 0.25) is 0 Å². The summed E-state index contributed by atoms with van der Waals surface area (Å²) in [5, 5.41) is 0. The number of hydrogen-bond acceptors (Lipinski definition) is 2. The maximum absolute atomic E-state index is 13.0. The molecule has 3 heterocycles. The molecular weight excluding hydrogens is 298 g/mol. The Labute approximate surface area is 143 Å². The normalized spacial score (nSPS) is 18.8. The summed E-state index contributed by atoms with van der Waals surface area (Å²) in [7, 11) is 0. The second kappa shape index (κ2) is 6.08. The maximum atomic E-state index is 13.0. The minimum absolute atomic E-state index is 0.211. The topological polar surface area (TPSA) is 38.1 Å². The van der Waals surface area contributed by atoms with E-state index < -0.39 is 0 Å². The highest BCUT2D eigenvalue weighted by Crippen LogP contribution is 2.38. The second-order valence-corrected chi connectivity index (χ2v) is 7.23. The molecule has 0 atom stereocenters. The summed E-state index contributed by atoms with van der Waals surface area (Å²) in [5.41, 5.74) is 4.63. The zero-order chi connectivity index (χ0) is 16.7. The average Bonchev–Trinajstić information content (AvgIpc) is 3.40. The van der Waals surface area contributed by atoms with E-state index in [4.69, 9.17) is 0 Å². The van der Waals surface area contributed by atoms with Gasteiger partial charge in [0.15, 0.2) is 0 Å². The van der Waals surface area contributed by atoms with Gasteiger partial charge in [-0.3, -0.25) is 9.78 Å². The lowest BCUT2D eigenvalue weighted by atomic mass is 9.90. The third kappa shape index (κ3) is 2.74. The summed E-state index contributed by atoms with van der Waals surface area (Å²) >= 11 is 0. The van der Waals surface area contributed by atoms with Crippen LogP contribution in [0.5, 0.6) is 0 Å². The summed E-state index contributed by atoms with van der Waals surface area (Å²) in [6, 6.07) is 6.92. The largest absolute Gasteiger partial charge is 0.345 e. The molecule has 1 aliphatic heterocycles. The number of pyridine rings is 1. The van der Waals surface area contributed by atoms with Gasteiger partial charge in [0, 0.05) is 42.9 Å². The summed E-state index contributed by atoms with van der Waals surface area (Å²) in [4.78, 5) is 19.1. The van der Waals surface area contributed by atoms with Crippen LogP contribution in [-0.4, -0.2) is 33.4 Å². The van der Waals surface area contributed by atoms with Crippen LogP contribution in [-0.2, 0) is 0 Å². The van der Waals surface area contributed by atoms with Crippen molar-refractivity contribution in [1.29, 1.82) is 0 Å². The van der Waals surface area contributed by atoms with E-state index in [-0.39, 0.29) is 5.91 Å². The Morgan fingerprint density at radius 2 is 1.75 bits per heavy atom. The number of aromatic nitrogens is 2. The van der Waals surface area contributed by atoms with E-state index in [2.05, 4.69) is 41.6 Å². The lowest BCUT2D eigenvalue weighted by Crippen LogP contribution is -2.38. The van der Waals surface area contributed by atoms with Gasteiger partial charge in [0.2, 0.25) is 0 Å². The Morgan fingerprint density at radius 1 is 1.08 bits per heavy atom. The summed E-state index contributed by atoms with van der Waals surface area (Å²) < 4.78 is 2.36. The van der Waals surface area contributed by atoms with Crippen LogP contribution >= 0.6 is 0 Å². The number of carbonyl (C=O) groups excluding carboxylic acids is 1. The van der Waals surface area contributed by atoms with Crippen LogP contribution in [0.15, 0.2) is 30.6 Å². The molecule has 2 aliphatic rings. The smallest absolute Gasteiger partial charge is 0.255 e. The Balaban J connectivity index is 1.46. The molecule has 1 saturated carbocycles. The monoisotopic (exact) mass is 323 g/mol. The first-order valence-electron chi connectivity index (χ1n) is 9.03. The fourth-order valence-electron chi connectivity index (χ4n) is 4.11. The van der Waals surface area contributed by atoms with E-state index in [0.29, 0.717) is 12.0 Å². The lowest BCUT2D eigenvalue weighted by molar-refractivity contribution is 0.0712. The van der Waals surface area contributed by atoms with Crippen molar-refractivity contribution in [3.05, 3.63) is 53.1 Å². The number of nitrogens with zero attached hydrogens (tertiary/aromatic N) is 3. The van der Waals surface area contributed by atoms with E-state index >= 15 is 0 Å². The number of likely N-dealkylation sites (tertiary alicyclic amines) is 1. The molecule has 126 valence electrons. The van der Waals surface area contributed by atoms with Gasteiger partial charge >= 0.3 is 0 Å². The van der Waals surface area contributed by atoms with Crippen LogP contribution < -0.4 is 0 Å². The minimum atomic E-state index is 0.211. The molecule has 4 nitrogen and oxygen atoms in total. The number of carbonyl (C=O) groups is 1. The van der Waals surface area contributed by atoms with Crippen molar-refractivity contribution < 1.29 is 4.79 Å². The molecule has 0 unspecified atom stereocenters. The van der Waals surface area contributed by atoms with Gasteiger partial charge < -0.3 is 9.47 Å². The molecule has 0 N–H and O–H groups in total. The van der Waals surface area contributed by atoms with Crippen molar-refractivity contribution in [2.75, 3.05) is 13.1 Å². The minimum Gasteiger partial charge on any atom is -0.345 e. The molecule has 4 heteroatoms. The molecule has 0 aromatic carbocycles. The molecule has 4 rings (SSSR count). The summed E-state index contributed by atoms with van der Waals surface area (Å²) in [5.74, 6) is 0.763. The first-order chi connectivity index (χ1) is 11.6. The number of aryl methyl sites for hydroxylation is 1. The molecule has 2 fully saturated rings. The van der Waals surface area contributed by atoms with Crippen LogP contribution in [0.25, 0.3) is 0 Å². The SMILES string of the molecule is Cc1cc(C(=O)N2CCC(c3ccncc3)CC2)c(C)n1C1CC1. The Morgan fingerprint density at radius 3 is 2.38 bits per heavy atom. The van der Waals surface area contributed by atoms with Crippen molar-refractivity contribution in [3.63, 3.8) is 0 Å². The van der Waals surface area contributed by atoms with Gasteiger partial charge in [-0.05, 0) is 69.2 Å². The van der Waals surface area contributed by atoms with Gasteiger partial charge in [-0.15, -0.1) is 0 Å². The zero-order valence-electron chi connectivity index (χ0n) is 14.5. The summed E-state index contributed by atoms with van der Waals surface area (Å²) in [6.07, 6.45) is 8.30. The number of rotatable bonds is 3. The molecule has 0 radical (unpaired) electrons. The van der Waals surface area contributed by atoms with Gasteiger partial charge in [-0.2, -0.15) is 0 Å². The number of hydrogen-bond donors (Lipinski definition) is 0. The third-order valence-corrected chi connectivity index (χ3v) is 5.59. The molecule has 2 aromatic rings. The van der Waals surface area contributed by atoms with Gasteiger partial charge in [-0.1, -0.05) is 0 Å². The molecule has 1 amide bonds. The van der Waals surface area contributed by atoms with Crippen LogP contribution in [0.3, 0.4) is 0 Å². The standard InChI is InChI=1S/C20H25N3O/c1-14-13-19(15(2)23(14)18-3-4-18)20(24)22-11-7-17(8-12-22)16-5-9-21-10-6-16/h5-6,9-10,13,17-18H,3-4,7-8,11-12H2,1-2H3. The van der Waals surface area contributed by atoms with Crippen LogP contribution in [0.1, 0.15) is 65.0 Å². The van der Waals surface area contributed by atoms with Gasteiger partial charge in [0.25, 0.3) is 5.91 Å². The molecule has 24 heavy (non-hydrogen) atoms. The maximum Gasteiger partial charge on any atom is 0.255 e. The highest BCUT2D eigenvalue weighted by Gasteiger charge is 2.31. The van der Waals surface area contributed by atoms with Crippen molar-refractivity contribution >= 4 is 5.91 Å². The van der Waals surface area contributed by atoms with Gasteiger partial charge in [0.1, 0.15) is 0 Å². The fourth-order valence-corrected chi connectivity index (χ4v) is 4.11. The van der Waals surface area contributed by atoms with Crippen LogP contribution in [0.4, 0.5) is 0 Å². The predicted molar refractivity (Wildman–Crippen MR) is 94.3 cm³/mol. The van der Waals surface area contributed by atoms with Gasteiger partial charge in [-0.25, -0.2) is 0 Å². The van der Waals surface area contributed by atoms with E-state index in [1.165, 1.54) is 24.1 Å². The molecule has 0 spiro atoms. The first kappa shape index (κ1) is 15.4. The van der Waals surface area contributed by atoms with Crippen molar-refractivity contribution in [1.82, 2.24) is 14.5 Å². The van der Waals surface area contributed by atoms with Gasteiger partial charge in [0.05, 0.1) is 5.56 Å². The predicted octanol–water partition coefficient (Wildman–Crippen LogP) is 3.85. The molecular formula is C20H25N3O. The molecule has 1 saturated heterocycles. The van der Waals surface area contributed by atoms with Crippen LogP contribution in [0, 0.1) is 13.8 Å². The first-order valence-corrected chi connectivity index (χ1v) is 9.03. The zero-order valence-corrected chi connectivity index (χ0v) is 14.5. The summed E-state index contributed by atoms with van der Waals surface area (Å²) in [6.45, 7) is 5.91.